The van der Waals surface area contributed by atoms with Gasteiger partial charge in [0.15, 0.2) is 29.7 Å². The summed E-state index contributed by atoms with van der Waals surface area (Å²) >= 11 is 5.26. The zero-order valence-corrected chi connectivity index (χ0v) is 18.5. The van der Waals surface area contributed by atoms with E-state index in [9.17, 15) is 24.5 Å². The summed E-state index contributed by atoms with van der Waals surface area (Å²) in [4.78, 5) is 45.2. The molecule has 1 heterocycles. The molecule has 0 aromatic heterocycles. The Morgan fingerprint density at radius 3 is 1.97 bits per heavy atom. The molecule has 0 unspecified atom stereocenters. The first kappa shape index (κ1) is 24.9. The molecule has 1 aliphatic rings. The quantitative estimate of drug-likeness (QED) is 0.203. The minimum absolute atomic E-state index is 0.0423. The van der Waals surface area contributed by atoms with Crippen LogP contribution in [0.2, 0.25) is 0 Å². The zero-order valence-electron chi connectivity index (χ0n) is 17.7. The van der Waals surface area contributed by atoms with Gasteiger partial charge in [-0.2, -0.15) is 0 Å². The van der Waals surface area contributed by atoms with Gasteiger partial charge in [-0.05, 0) is 31.3 Å². The lowest BCUT2D eigenvalue weighted by molar-refractivity contribution is -0.384. The van der Waals surface area contributed by atoms with Crippen molar-refractivity contribution < 1.29 is 38.3 Å². The number of carbonyl (C=O) groups is 3. The Hall–Kier alpha value is -3.32. The molecule has 174 valence electrons. The molecule has 1 aromatic rings. The number of ether oxygens (including phenoxy) is 4. The molecule has 1 aliphatic heterocycles. The molecular weight excluding hydrogens is 446 g/mol. The normalized spacial score (nSPS) is 24.6. The van der Waals surface area contributed by atoms with Gasteiger partial charge in [-0.25, -0.2) is 0 Å². The lowest BCUT2D eigenvalue weighted by Gasteiger charge is -2.44. The number of nitrogens with one attached hydrogen (secondary N) is 2. The number of nitrogens with zero attached hydrogens (tertiary/aromatic N) is 1. The first-order chi connectivity index (χ1) is 15.0. The maximum absolute atomic E-state index is 11.7. The third kappa shape index (κ3) is 6.85. The summed E-state index contributed by atoms with van der Waals surface area (Å²) in [6.07, 6.45) is -5.22. The Balaban J connectivity index is 2.22. The predicted molar refractivity (Wildman–Crippen MR) is 113 cm³/mol. The number of rotatable bonds is 6. The molecule has 2 rings (SSSR count). The van der Waals surface area contributed by atoms with E-state index < -0.39 is 53.5 Å². The average Bonchev–Trinajstić information content (AvgIpc) is 2.67. The van der Waals surface area contributed by atoms with E-state index in [1.165, 1.54) is 38.1 Å². The second-order valence-electron chi connectivity index (χ2n) is 6.89. The summed E-state index contributed by atoms with van der Waals surface area (Å²) in [5, 5.41) is 16.5. The van der Waals surface area contributed by atoms with Crippen LogP contribution in [0, 0.1) is 10.1 Å². The summed E-state index contributed by atoms with van der Waals surface area (Å²) in [6.45, 7) is 5.11. The Morgan fingerprint density at radius 2 is 1.47 bits per heavy atom. The standard InChI is InChI=1S/C19H23N3O9S/c1-9-15(29-10(2)23)16(30-11(3)24)17(31-12(4)25)18(28-9)21-19(32)20-13-5-7-14(8-6-13)22(26)27/h5-9,15-18H,1-4H3,(H2,20,21,32)/t9-,15-,16+,17+,18+/m0/s1. The summed E-state index contributed by atoms with van der Waals surface area (Å²) in [6, 6.07) is 5.51. The van der Waals surface area contributed by atoms with Gasteiger partial charge in [0.25, 0.3) is 5.69 Å². The molecule has 0 radical (unpaired) electrons. The predicted octanol–water partition coefficient (Wildman–Crippen LogP) is 1.42. The number of nitro groups is 1. The molecule has 1 fully saturated rings. The van der Waals surface area contributed by atoms with Crippen LogP contribution >= 0.6 is 12.2 Å². The Bertz CT molecular complexity index is 893. The molecule has 12 nitrogen and oxygen atoms in total. The number of thiocarbonyl (C=S) groups is 1. The van der Waals surface area contributed by atoms with Crippen LogP contribution in [0.5, 0.6) is 0 Å². The van der Waals surface area contributed by atoms with E-state index in [2.05, 4.69) is 10.6 Å². The van der Waals surface area contributed by atoms with E-state index in [0.717, 1.165) is 6.92 Å². The summed E-state index contributed by atoms with van der Waals surface area (Å²) in [7, 11) is 0. The summed E-state index contributed by atoms with van der Waals surface area (Å²) in [5.41, 5.74) is 0.366. The number of carbonyl (C=O) groups excluding carboxylic acids is 3. The maximum atomic E-state index is 11.7. The number of hydrogen-bond acceptors (Lipinski definition) is 10. The van der Waals surface area contributed by atoms with Crippen molar-refractivity contribution in [2.45, 2.75) is 58.3 Å². The highest BCUT2D eigenvalue weighted by molar-refractivity contribution is 7.80. The molecule has 0 amide bonds. The van der Waals surface area contributed by atoms with Gasteiger partial charge in [0, 0.05) is 38.6 Å². The second-order valence-corrected chi connectivity index (χ2v) is 7.29. The minimum atomic E-state index is -1.20. The molecule has 2 N–H and O–H groups in total. The van der Waals surface area contributed by atoms with Crippen molar-refractivity contribution in [3.8, 4) is 0 Å². The van der Waals surface area contributed by atoms with Crippen molar-refractivity contribution in [2.24, 2.45) is 0 Å². The van der Waals surface area contributed by atoms with Gasteiger partial charge in [-0.3, -0.25) is 24.5 Å². The Labute approximate surface area is 188 Å². The summed E-state index contributed by atoms with van der Waals surface area (Å²) < 4.78 is 21.7. The number of anilines is 1. The minimum Gasteiger partial charge on any atom is -0.456 e. The SMILES string of the molecule is CC(=O)O[C@@H]1[C@@H](OC(C)=O)[C@H](C)O[C@@H](NC(=S)Nc2ccc([N+](=O)[O-])cc2)[C@@H]1OC(C)=O. The van der Waals surface area contributed by atoms with Crippen molar-refractivity contribution in [2.75, 3.05) is 5.32 Å². The molecule has 13 heteroatoms. The fraction of sp³-hybridized carbons (Fsp3) is 0.474. The van der Waals surface area contributed by atoms with E-state index >= 15 is 0 Å². The maximum Gasteiger partial charge on any atom is 0.303 e. The molecule has 5 atom stereocenters. The fourth-order valence-corrected chi connectivity index (χ4v) is 3.33. The Kier molecular flexibility index (Phi) is 8.43. The average molecular weight is 469 g/mol. The monoisotopic (exact) mass is 469 g/mol. The van der Waals surface area contributed by atoms with Crippen LogP contribution in [-0.2, 0) is 33.3 Å². The number of non-ortho nitro benzene ring substituents is 1. The van der Waals surface area contributed by atoms with E-state index in [4.69, 9.17) is 31.2 Å². The fourth-order valence-electron chi connectivity index (χ4n) is 3.09. The highest BCUT2D eigenvalue weighted by Crippen LogP contribution is 2.28. The Morgan fingerprint density at radius 1 is 0.969 bits per heavy atom. The second kappa shape index (κ2) is 10.8. The largest absolute Gasteiger partial charge is 0.456 e. The van der Waals surface area contributed by atoms with Gasteiger partial charge in [0.2, 0.25) is 0 Å². The van der Waals surface area contributed by atoms with Crippen molar-refractivity contribution >= 4 is 46.6 Å². The molecule has 0 saturated carbocycles. The van der Waals surface area contributed by atoms with Gasteiger partial charge in [0.1, 0.15) is 0 Å². The molecule has 0 bridgehead atoms. The van der Waals surface area contributed by atoms with Gasteiger partial charge >= 0.3 is 17.9 Å². The van der Waals surface area contributed by atoms with Crippen LogP contribution in [0.1, 0.15) is 27.7 Å². The molecule has 0 aliphatic carbocycles. The first-order valence-corrected chi connectivity index (χ1v) is 9.88. The number of nitro benzene ring substituents is 1. The van der Waals surface area contributed by atoms with Crippen LogP contribution in [0.25, 0.3) is 0 Å². The van der Waals surface area contributed by atoms with Crippen molar-refractivity contribution in [1.82, 2.24) is 5.32 Å². The lowest BCUT2D eigenvalue weighted by Crippen LogP contribution is -2.65. The topological polar surface area (TPSA) is 155 Å². The van der Waals surface area contributed by atoms with E-state index in [-0.39, 0.29) is 10.8 Å². The van der Waals surface area contributed by atoms with Gasteiger partial charge in [-0.15, -0.1) is 0 Å². The van der Waals surface area contributed by atoms with Crippen LogP contribution in [-0.4, -0.2) is 58.6 Å². The van der Waals surface area contributed by atoms with Crippen molar-refractivity contribution in [3.05, 3.63) is 34.4 Å². The smallest absolute Gasteiger partial charge is 0.303 e. The number of esters is 3. The van der Waals surface area contributed by atoms with Gasteiger partial charge in [-0.1, -0.05) is 0 Å². The lowest BCUT2D eigenvalue weighted by atomic mass is 9.98. The van der Waals surface area contributed by atoms with Crippen molar-refractivity contribution in [3.63, 3.8) is 0 Å². The zero-order chi connectivity index (χ0) is 24.0. The third-order valence-electron chi connectivity index (χ3n) is 4.29. The molecule has 1 aromatic carbocycles. The molecule has 0 spiro atoms. The molecule has 32 heavy (non-hydrogen) atoms. The third-order valence-corrected chi connectivity index (χ3v) is 4.51. The number of hydrogen-bond donors (Lipinski definition) is 2. The summed E-state index contributed by atoms with van der Waals surface area (Å²) in [5.74, 6) is -2.00. The van der Waals surface area contributed by atoms with Gasteiger partial charge in [0.05, 0.1) is 11.0 Å². The highest BCUT2D eigenvalue weighted by Gasteiger charge is 2.50. The van der Waals surface area contributed by atoms with Crippen molar-refractivity contribution in [1.29, 1.82) is 0 Å². The van der Waals surface area contributed by atoms with E-state index in [0.29, 0.717) is 5.69 Å². The van der Waals surface area contributed by atoms with E-state index in [1.807, 2.05) is 0 Å². The van der Waals surface area contributed by atoms with Crippen LogP contribution in [0.4, 0.5) is 11.4 Å². The van der Waals surface area contributed by atoms with Crippen LogP contribution in [0.15, 0.2) is 24.3 Å². The molecular formula is C19H23N3O9S. The van der Waals surface area contributed by atoms with Crippen LogP contribution in [0.3, 0.4) is 0 Å². The number of benzene rings is 1. The molecule has 1 saturated heterocycles. The van der Waals surface area contributed by atoms with Crippen LogP contribution < -0.4 is 10.6 Å². The van der Waals surface area contributed by atoms with E-state index in [1.54, 1.807) is 6.92 Å². The highest BCUT2D eigenvalue weighted by atomic mass is 32.1. The van der Waals surface area contributed by atoms with Gasteiger partial charge < -0.3 is 29.6 Å². The first-order valence-electron chi connectivity index (χ1n) is 9.47.